The topological polar surface area (TPSA) is 296 Å². The fraction of sp³-hybridized carbons (Fsp3) is 0.551. The number of hydrogen-bond donors (Lipinski definition) is 4. The van der Waals surface area contributed by atoms with Crippen molar-refractivity contribution in [3.8, 4) is 0 Å². The highest BCUT2D eigenvalue weighted by Crippen LogP contribution is 2.51. The highest BCUT2D eigenvalue weighted by atomic mass is 32.2. The average molecular weight is 1120 g/mol. The summed E-state index contributed by atoms with van der Waals surface area (Å²) in [5.74, 6) is -1.27. The zero-order valence-electron chi connectivity index (χ0n) is 42.3. The molecule has 0 spiro atoms. The lowest BCUT2D eigenvalue weighted by molar-refractivity contribution is -0.438. The molecule has 4 N–H and O–H groups in total. The van der Waals surface area contributed by atoms with Crippen LogP contribution in [0, 0.1) is 0 Å². The van der Waals surface area contributed by atoms with Gasteiger partial charge in [-0.05, 0) is 88.4 Å². The third-order valence-electron chi connectivity index (χ3n) is 12.5. The Balaban J connectivity index is 1.56. The number of fused-ring (bicyclic) bond motifs is 2. The number of ketones is 1. The highest BCUT2D eigenvalue weighted by Gasteiger charge is 2.49. The Morgan fingerprint density at radius 2 is 1.09 bits per heavy atom. The second kappa shape index (κ2) is 28.9. The first-order chi connectivity index (χ1) is 34.8. The van der Waals surface area contributed by atoms with Crippen LogP contribution >= 0.6 is 0 Å². The summed E-state index contributed by atoms with van der Waals surface area (Å²) < 4.78 is 172. The fourth-order valence-corrected chi connectivity index (χ4v) is 11.0. The Morgan fingerprint density at radius 1 is 0.608 bits per heavy atom. The quantitative estimate of drug-likeness (QED) is 0.0291. The van der Waals surface area contributed by atoms with E-state index in [1.165, 1.54) is 43.3 Å². The van der Waals surface area contributed by atoms with Gasteiger partial charge in [-0.25, -0.2) is 0 Å². The number of allylic oxidation sites excluding steroid dienone is 8. The number of benzene rings is 2. The van der Waals surface area contributed by atoms with E-state index in [1.807, 2.05) is 9.48 Å². The predicted molar refractivity (Wildman–Crippen MR) is 277 cm³/mol. The Morgan fingerprint density at radius 3 is 1.62 bits per heavy atom. The second-order valence-electron chi connectivity index (χ2n) is 18.0. The van der Waals surface area contributed by atoms with Crippen molar-refractivity contribution in [3.05, 3.63) is 95.8 Å². The molecule has 414 valence electrons. The van der Waals surface area contributed by atoms with Gasteiger partial charge in [0.15, 0.2) is 5.71 Å². The van der Waals surface area contributed by atoms with Gasteiger partial charge in [0.05, 0.1) is 99.4 Å². The van der Waals surface area contributed by atoms with Crippen LogP contribution in [0.2, 0.25) is 0 Å². The monoisotopic (exact) mass is 1120 g/mol. The van der Waals surface area contributed by atoms with Gasteiger partial charge in [0.25, 0.3) is 40.5 Å². The number of carbonyl (C=O) groups excluding carboxylic acids is 1. The summed E-state index contributed by atoms with van der Waals surface area (Å²) >= 11 is 0. The lowest BCUT2D eigenvalue weighted by Crippen LogP contribution is -2.33. The lowest BCUT2D eigenvalue weighted by Gasteiger charge is -2.30. The van der Waals surface area contributed by atoms with Crippen molar-refractivity contribution in [1.82, 2.24) is 0 Å². The number of anilines is 1. The minimum absolute atomic E-state index is 0.0574. The van der Waals surface area contributed by atoms with Gasteiger partial charge in [-0.15, -0.1) is 0 Å². The standard InChI is InChI=1S/C49H70N2O19S4/c1-39(52)13-9-8-12-22-50-44-18-16-40(73(59,60)61)37-42(44)48(2,20-35-71(53,54)55)46(50)14-10-6-5-7-11-15-47-49(3,21-36-72(56,57)58)43-38-41(74(62,63)64)17-19-45(43)51(47)23-24-66-27-28-68-31-32-70-34-33-69-30-29-67-26-25-65-4/h5-7,10-11,14-19,37-38H,8-9,12-13,20-36H2,1-4H3,(H3-,53,54,55,56,57,58,59,60,61,62,63,64)/p+1. The number of carbonyl (C=O) groups is 1. The molecule has 0 fully saturated rings. The van der Waals surface area contributed by atoms with Crippen LogP contribution in [0.1, 0.15) is 70.4 Å². The molecule has 2 aliphatic heterocycles. The van der Waals surface area contributed by atoms with Crippen molar-refractivity contribution in [3.63, 3.8) is 0 Å². The van der Waals surface area contributed by atoms with E-state index in [0.29, 0.717) is 119 Å². The first kappa shape index (κ1) is 62.5. The zero-order valence-corrected chi connectivity index (χ0v) is 45.6. The molecule has 4 rings (SSSR count). The molecule has 0 bridgehead atoms. The van der Waals surface area contributed by atoms with Crippen LogP contribution in [0.3, 0.4) is 0 Å². The number of nitrogens with zero attached hydrogens (tertiary/aromatic N) is 2. The summed E-state index contributed by atoms with van der Waals surface area (Å²) in [4.78, 5) is 12.6. The number of ether oxygens (including phenoxy) is 6. The molecule has 0 amide bonds. The SMILES string of the molecule is COCCOCCOCCOCCOCCOCCN1/C(=C/C=C/C=C/C=C/C2=[N+](CCCCCC(C)=O)c3ccc(S(=O)(=O)O)cc3C2(C)CCS(=O)(=O)O)C(C)(CCS(=O)(=O)O)c2cc(S(=O)(=O)O)ccc21. The molecular formula is C49H71N2O19S4+. The molecule has 2 aromatic rings. The van der Waals surface area contributed by atoms with Gasteiger partial charge in [-0.1, -0.05) is 30.4 Å². The third-order valence-corrected chi connectivity index (χ3v) is 15.6. The van der Waals surface area contributed by atoms with E-state index >= 15 is 0 Å². The molecule has 2 unspecified atom stereocenters. The Bertz CT molecular complexity index is 2830. The fourth-order valence-electron chi connectivity index (χ4n) is 8.64. The van der Waals surface area contributed by atoms with Crippen LogP contribution in [0.4, 0.5) is 11.4 Å². The molecule has 0 aliphatic carbocycles. The van der Waals surface area contributed by atoms with E-state index in [0.717, 1.165) is 0 Å². The van der Waals surface area contributed by atoms with Crippen LogP contribution in [0.15, 0.2) is 94.4 Å². The zero-order chi connectivity index (χ0) is 54.6. The summed E-state index contributed by atoms with van der Waals surface area (Å²) in [6.07, 6.45) is 13.9. The number of methoxy groups -OCH3 is 1. The maximum atomic E-state index is 12.3. The van der Waals surface area contributed by atoms with Crippen LogP contribution < -0.4 is 4.90 Å². The van der Waals surface area contributed by atoms with Gasteiger partial charge in [0, 0.05) is 61.0 Å². The third kappa shape index (κ3) is 19.5. The van der Waals surface area contributed by atoms with Crippen LogP contribution in [0.5, 0.6) is 0 Å². The van der Waals surface area contributed by atoms with Crippen molar-refractivity contribution < 1.29 is 89.7 Å². The van der Waals surface area contributed by atoms with Gasteiger partial charge in [0.2, 0.25) is 5.69 Å². The number of Topliss-reactive ketones (excluding diaryl/α,β-unsaturated/α-hetero) is 1. The van der Waals surface area contributed by atoms with E-state index in [2.05, 4.69) is 0 Å². The van der Waals surface area contributed by atoms with Crippen molar-refractivity contribution in [2.75, 3.05) is 109 Å². The van der Waals surface area contributed by atoms with Gasteiger partial charge in [-0.3, -0.25) is 18.2 Å². The molecule has 2 aliphatic rings. The van der Waals surface area contributed by atoms with Gasteiger partial charge in [-0.2, -0.15) is 38.2 Å². The Labute approximate surface area is 435 Å². The molecule has 2 heterocycles. The first-order valence-electron chi connectivity index (χ1n) is 24.0. The molecular weight excluding hydrogens is 1050 g/mol. The van der Waals surface area contributed by atoms with Crippen LogP contribution in [0.25, 0.3) is 0 Å². The van der Waals surface area contributed by atoms with Crippen LogP contribution in [-0.2, 0) is 84.5 Å². The maximum Gasteiger partial charge on any atom is 0.294 e. The average Bonchev–Trinajstić information content (AvgIpc) is 3.69. The van der Waals surface area contributed by atoms with Crippen molar-refractivity contribution in [2.24, 2.45) is 0 Å². The summed E-state index contributed by atoms with van der Waals surface area (Å²) in [6, 6.07) is 8.10. The predicted octanol–water partition coefficient (Wildman–Crippen LogP) is 5.30. The number of unbranched alkanes of at least 4 members (excludes halogenated alkanes) is 2. The maximum absolute atomic E-state index is 12.3. The normalized spacial score (nSPS) is 19.0. The molecule has 0 saturated heterocycles. The molecule has 0 saturated carbocycles. The van der Waals surface area contributed by atoms with E-state index in [9.17, 15) is 56.7 Å². The van der Waals surface area contributed by atoms with E-state index in [1.54, 1.807) is 63.5 Å². The van der Waals surface area contributed by atoms with E-state index < -0.39 is 67.7 Å². The molecule has 74 heavy (non-hydrogen) atoms. The molecule has 2 aromatic carbocycles. The minimum Gasteiger partial charge on any atom is -0.382 e. The summed E-state index contributed by atoms with van der Waals surface area (Å²) in [5, 5.41) is 0. The number of rotatable bonds is 36. The molecule has 25 heteroatoms. The van der Waals surface area contributed by atoms with E-state index in [4.69, 9.17) is 28.4 Å². The molecule has 2 atom stereocenters. The van der Waals surface area contributed by atoms with Gasteiger partial charge < -0.3 is 38.1 Å². The van der Waals surface area contributed by atoms with Gasteiger partial charge >= 0.3 is 0 Å². The highest BCUT2D eigenvalue weighted by molar-refractivity contribution is 7.86. The van der Waals surface area contributed by atoms with Crippen molar-refractivity contribution in [1.29, 1.82) is 0 Å². The second-order valence-corrected chi connectivity index (χ2v) is 24.0. The van der Waals surface area contributed by atoms with Crippen LogP contribution in [-0.4, -0.2) is 172 Å². The molecule has 0 radical (unpaired) electrons. The largest absolute Gasteiger partial charge is 0.382 e. The van der Waals surface area contributed by atoms with Gasteiger partial charge in [0.1, 0.15) is 12.3 Å². The van der Waals surface area contributed by atoms with Crippen molar-refractivity contribution in [2.45, 2.75) is 79.9 Å². The Kier molecular flexibility index (Phi) is 24.4. The number of hydrogen-bond acceptors (Lipinski definition) is 16. The molecule has 0 aromatic heterocycles. The summed E-state index contributed by atoms with van der Waals surface area (Å²) in [6.45, 7) is 9.58. The first-order valence-corrected chi connectivity index (χ1v) is 30.1. The van der Waals surface area contributed by atoms with Crippen molar-refractivity contribution >= 4 is 63.3 Å². The smallest absolute Gasteiger partial charge is 0.294 e. The minimum atomic E-state index is -4.67. The molecule has 21 nitrogen and oxygen atoms in total. The summed E-state index contributed by atoms with van der Waals surface area (Å²) in [7, 11) is -16.7. The lowest BCUT2D eigenvalue weighted by atomic mass is 9.77. The van der Waals surface area contributed by atoms with E-state index in [-0.39, 0.29) is 49.9 Å². The Hall–Kier alpha value is -4.06. The summed E-state index contributed by atoms with van der Waals surface area (Å²) in [5.41, 5.74) is 0.644.